The first kappa shape index (κ1) is 14.9. The first-order valence-corrected chi connectivity index (χ1v) is 6.43. The zero-order valence-corrected chi connectivity index (χ0v) is 12.0. The van der Waals surface area contributed by atoms with E-state index in [1.807, 2.05) is 13.8 Å². The molecule has 1 unspecified atom stereocenters. The van der Waals surface area contributed by atoms with Gasteiger partial charge in [0.15, 0.2) is 0 Å². The lowest BCUT2D eigenvalue weighted by Gasteiger charge is -2.43. The fourth-order valence-electron chi connectivity index (χ4n) is 2.10. The van der Waals surface area contributed by atoms with Gasteiger partial charge >= 0.3 is 0 Å². The van der Waals surface area contributed by atoms with E-state index in [-0.39, 0.29) is 17.2 Å². The number of nitrogens with two attached hydrogens (primary N) is 1. The predicted molar refractivity (Wildman–Crippen MR) is 70.2 cm³/mol. The molecule has 102 valence electrons. The lowest BCUT2D eigenvalue weighted by molar-refractivity contribution is -0.0575. The highest BCUT2D eigenvalue weighted by Gasteiger charge is 2.32. The third-order valence-corrected chi connectivity index (χ3v) is 3.95. The van der Waals surface area contributed by atoms with Gasteiger partial charge in [0.2, 0.25) is 0 Å². The molecule has 4 heteroatoms. The average Bonchev–Trinajstić information content (AvgIpc) is 2.26. The summed E-state index contributed by atoms with van der Waals surface area (Å²) in [6.45, 7) is 12.2. The van der Waals surface area contributed by atoms with Gasteiger partial charge in [-0.2, -0.15) is 0 Å². The van der Waals surface area contributed by atoms with Crippen LogP contribution in [0.1, 0.15) is 34.1 Å². The topological polar surface area (TPSA) is 47.7 Å². The molecule has 4 nitrogen and oxygen atoms in total. The molecule has 0 aromatic rings. The molecule has 0 radical (unpaired) electrons. The zero-order valence-electron chi connectivity index (χ0n) is 12.0. The molecule has 0 aromatic heterocycles. The number of ether oxygens (including phenoxy) is 2. The van der Waals surface area contributed by atoms with Gasteiger partial charge in [-0.1, -0.05) is 0 Å². The number of hydrogen-bond donors (Lipinski definition) is 1. The summed E-state index contributed by atoms with van der Waals surface area (Å²) in [6.07, 6.45) is 0.949. The van der Waals surface area contributed by atoms with E-state index in [4.69, 9.17) is 15.2 Å². The number of methoxy groups -OCH3 is 1. The van der Waals surface area contributed by atoms with E-state index in [0.717, 1.165) is 32.7 Å². The minimum absolute atomic E-state index is 0.0612. The van der Waals surface area contributed by atoms with Crippen LogP contribution in [0.2, 0.25) is 0 Å². The lowest BCUT2D eigenvalue weighted by Crippen LogP contribution is -2.55. The van der Waals surface area contributed by atoms with Crippen molar-refractivity contribution in [2.45, 2.75) is 51.3 Å². The Labute approximate surface area is 105 Å². The quantitative estimate of drug-likeness (QED) is 0.790. The fraction of sp³-hybridized carbons (Fsp3) is 1.00. The molecule has 1 fully saturated rings. The minimum Gasteiger partial charge on any atom is -0.378 e. The van der Waals surface area contributed by atoms with Crippen LogP contribution in [-0.4, -0.2) is 55.5 Å². The van der Waals surface area contributed by atoms with Crippen LogP contribution in [0.5, 0.6) is 0 Å². The molecule has 1 heterocycles. The smallest absolute Gasteiger partial charge is 0.0773 e. The Balaban J connectivity index is 2.44. The molecule has 0 amide bonds. The van der Waals surface area contributed by atoms with Gasteiger partial charge in [0.25, 0.3) is 0 Å². The van der Waals surface area contributed by atoms with Crippen LogP contribution in [-0.2, 0) is 9.47 Å². The second-order valence-corrected chi connectivity index (χ2v) is 6.05. The molecule has 0 aromatic carbocycles. The maximum Gasteiger partial charge on any atom is 0.0773 e. The van der Waals surface area contributed by atoms with Crippen LogP contribution in [0.25, 0.3) is 0 Å². The van der Waals surface area contributed by atoms with Crippen molar-refractivity contribution in [2.75, 3.05) is 33.4 Å². The normalized spacial score (nSPS) is 23.6. The van der Waals surface area contributed by atoms with Gasteiger partial charge in [0.05, 0.1) is 18.8 Å². The van der Waals surface area contributed by atoms with Gasteiger partial charge < -0.3 is 15.2 Å². The SMILES string of the molecule is COC(C)(C)C(N)CCN1CCOCC1(C)C. The lowest BCUT2D eigenvalue weighted by atomic mass is 9.95. The Hall–Kier alpha value is -0.160. The van der Waals surface area contributed by atoms with E-state index in [9.17, 15) is 0 Å². The maximum absolute atomic E-state index is 6.18. The summed E-state index contributed by atoms with van der Waals surface area (Å²) in [5, 5.41) is 0. The van der Waals surface area contributed by atoms with E-state index in [2.05, 4.69) is 18.7 Å². The Morgan fingerprint density at radius 1 is 1.47 bits per heavy atom. The maximum atomic E-state index is 6.18. The van der Waals surface area contributed by atoms with Crippen LogP contribution in [0, 0.1) is 0 Å². The van der Waals surface area contributed by atoms with Gasteiger partial charge in [0.1, 0.15) is 0 Å². The van der Waals surface area contributed by atoms with E-state index in [1.165, 1.54) is 0 Å². The van der Waals surface area contributed by atoms with Crippen molar-refractivity contribution < 1.29 is 9.47 Å². The number of rotatable bonds is 5. The molecule has 1 atom stereocenters. The second kappa shape index (κ2) is 5.65. The Morgan fingerprint density at radius 3 is 2.65 bits per heavy atom. The highest BCUT2D eigenvalue weighted by molar-refractivity contribution is 4.88. The van der Waals surface area contributed by atoms with Gasteiger partial charge in [0, 0.05) is 31.8 Å². The summed E-state index contributed by atoms with van der Waals surface area (Å²) in [4.78, 5) is 2.46. The van der Waals surface area contributed by atoms with Crippen molar-refractivity contribution >= 4 is 0 Å². The first-order chi connectivity index (χ1) is 7.79. The van der Waals surface area contributed by atoms with Crippen molar-refractivity contribution in [1.29, 1.82) is 0 Å². The molecule has 0 spiro atoms. The van der Waals surface area contributed by atoms with Gasteiger partial charge in [-0.05, 0) is 34.1 Å². The highest BCUT2D eigenvalue weighted by Crippen LogP contribution is 2.21. The molecule has 1 rings (SSSR count). The minimum atomic E-state index is -0.254. The Kier molecular flexibility index (Phi) is 4.95. The molecular formula is C13H28N2O2. The Morgan fingerprint density at radius 2 is 2.12 bits per heavy atom. The number of morpholine rings is 1. The molecule has 0 aliphatic carbocycles. The van der Waals surface area contributed by atoms with Crippen LogP contribution >= 0.6 is 0 Å². The van der Waals surface area contributed by atoms with E-state index in [1.54, 1.807) is 7.11 Å². The molecule has 0 saturated carbocycles. The highest BCUT2D eigenvalue weighted by atomic mass is 16.5. The van der Waals surface area contributed by atoms with Gasteiger partial charge in [-0.15, -0.1) is 0 Å². The van der Waals surface area contributed by atoms with Crippen molar-refractivity contribution in [2.24, 2.45) is 5.73 Å². The van der Waals surface area contributed by atoms with Crippen molar-refractivity contribution in [3.8, 4) is 0 Å². The fourth-order valence-corrected chi connectivity index (χ4v) is 2.10. The monoisotopic (exact) mass is 244 g/mol. The summed E-state index contributed by atoms with van der Waals surface area (Å²) in [7, 11) is 1.72. The van der Waals surface area contributed by atoms with Crippen molar-refractivity contribution in [1.82, 2.24) is 4.90 Å². The van der Waals surface area contributed by atoms with E-state index < -0.39 is 0 Å². The first-order valence-electron chi connectivity index (χ1n) is 6.43. The average molecular weight is 244 g/mol. The zero-order chi connectivity index (χ0) is 13.1. The Bertz CT molecular complexity index is 242. The van der Waals surface area contributed by atoms with Crippen LogP contribution in [0.3, 0.4) is 0 Å². The summed E-state index contributed by atoms with van der Waals surface area (Å²) >= 11 is 0. The summed E-state index contributed by atoms with van der Waals surface area (Å²) in [5.74, 6) is 0. The molecule has 1 aliphatic heterocycles. The van der Waals surface area contributed by atoms with Crippen LogP contribution < -0.4 is 5.73 Å². The van der Waals surface area contributed by atoms with E-state index >= 15 is 0 Å². The van der Waals surface area contributed by atoms with Gasteiger partial charge in [-0.3, -0.25) is 4.90 Å². The predicted octanol–water partition coefficient (Wildman–Crippen LogP) is 1.24. The van der Waals surface area contributed by atoms with Crippen LogP contribution in [0.4, 0.5) is 0 Å². The largest absolute Gasteiger partial charge is 0.378 e. The molecule has 1 saturated heterocycles. The van der Waals surface area contributed by atoms with Crippen molar-refractivity contribution in [3.05, 3.63) is 0 Å². The number of hydrogen-bond acceptors (Lipinski definition) is 4. The second-order valence-electron chi connectivity index (χ2n) is 6.05. The summed E-state index contributed by atoms with van der Waals surface area (Å²) < 4.78 is 10.9. The molecule has 0 bridgehead atoms. The molecule has 1 aliphatic rings. The third kappa shape index (κ3) is 3.91. The third-order valence-electron chi connectivity index (χ3n) is 3.95. The summed E-state index contributed by atoms with van der Waals surface area (Å²) in [6, 6.07) is 0.0612. The molecular weight excluding hydrogens is 216 g/mol. The number of nitrogens with zero attached hydrogens (tertiary/aromatic N) is 1. The molecule has 17 heavy (non-hydrogen) atoms. The van der Waals surface area contributed by atoms with Crippen LogP contribution in [0.15, 0.2) is 0 Å². The van der Waals surface area contributed by atoms with E-state index in [0.29, 0.717) is 0 Å². The molecule has 2 N–H and O–H groups in total. The standard InChI is InChI=1S/C13H28N2O2/c1-12(2)10-17-9-8-15(12)7-6-11(14)13(3,4)16-5/h11H,6-10,14H2,1-5H3. The summed E-state index contributed by atoms with van der Waals surface area (Å²) in [5.41, 5.74) is 6.05. The van der Waals surface area contributed by atoms with Crippen molar-refractivity contribution in [3.63, 3.8) is 0 Å². The van der Waals surface area contributed by atoms with Gasteiger partial charge in [-0.25, -0.2) is 0 Å².